The van der Waals surface area contributed by atoms with E-state index in [1.807, 2.05) is 0 Å². The third-order valence-corrected chi connectivity index (χ3v) is 3.20. The zero-order valence-corrected chi connectivity index (χ0v) is 10.4. The Morgan fingerprint density at radius 1 is 0.944 bits per heavy atom. The molecule has 102 valence electrons. The maximum absolute atomic E-state index is 12.8. The molecule has 0 aromatic heterocycles. The Labute approximate surface area is 104 Å². The van der Waals surface area contributed by atoms with Crippen LogP contribution in [0.1, 0.15) is 23.6 Å². The molecule has 0 atom stereocenters. The molecule has 1 rings (SSSR count). The van der Waals surface area contributed by atoms with Crippen LogP contribution in [0.4, 0.5) is 26.3 Å². The molecule has 0 saturated carbocycles. The Hall–Kier alpha value is -0.850. The average molecular weight is 288 g/mol. The molecule has 0 saturated heterocycles. The van der Waals surface area contributed by atoms with E-state index in [1.165, 1.54) is 13.2 Å². The monoisotopic (exact) mass is 288 g/mol. The lowest BCUT2D eigenvalue weighted by Gasteiger charge is -2.21. The molecule has 0 heterocycles. The first-order valence-corrected chi connectivity index (χ1v) is 6.19. The van der Waals surface area contributed by atoms with Crippen molar-refractivity contribution in [3.8, 4) is 0 Å². The molecule has 0 aliphatic heterocycles. The van der Waals surface area contributed by atoms with Gasteiger partial charge in [0.2, 0.25) is 0 Å². The van der Waals surface area contributed by atoms with E-state index in [0.29, 0.717) is 11.8 Å². The van der Waals surface area contributed by atoms with E-state index in [9.17, 15) is 26.3 Å². The molecule has 0 fully saturated rings. The molecule has 0 N–H and O–H groups in total. The summed E-state index contributed by atoms with van der Waals surface area (Å²) < 4.78 is 77.0. The van der Waals surface area contributed by atoms with Crippen molar-refractivity contribution in [1.82, 2.24) is 0 Å². The Balaban J connectivity index is 3.71. The Kier molecular flexibility index (Phi) is 4.25. The first kappa shape index (κ1) is 15.2. The predicted molar refractivity (Wildman–Crippen MR) is 57.6 cm³/mol. The molecule has 1 aromatic carbocycles. The largest absolute Gasteiger partial charge is 0.418 e. The predicted octanol–water partition coefficient (Wildman–Crippen LogP) is 5.01. The van der Waals surface area contributed by atoms with Crippen LogP contribution in [-0.4, -0.2) is 6.26 Å². The van der Waals surface area contributed by atoms with E-state index < -0.39 is 28.4 Å². The van der Waals surface area contributed by atoms with Crippen molar-refractivity contribution in [2.75, 3.05) is 6.26 Å². The van der Waals surface area contributed by atoms with Gasteiger partial charge in [0.1, 0.15) is 0 Å². The van der Waals surface area contributed by atoms with E-state index in [-0.39, 0.29) is 12.0 Å². The molecular formula is C11H10F6S. The average Bonchev–Trinajstić information content (AvgIpc) is 2.24. The van der Waals surface area contributed by atoms with E-state index >= 15 is 0 Å². The molecule has 0 aliphatic carbocycles. The molecule has 0 amide bonds. The third kappa shape index (κ3) is 2.93. The van der Waals surface area contributed by atoms with Gasteiger partial charge in [0.05, 0.1) is 11.1 Å². The van der Waals surface area contributed by atoms with Crippen LogP contribution in [0.15, 0.2) is 17.0 Å². The van der Waals surface area contributed by atoms with Crippen molar-refractivity contribution in [3.05, 3.63) is 28.8 Å². The van der Waals surface area contributed by atoms with Gasteiger partial charge in [-0.05, 0) is 24.3 Å². The van der Waals surface area contributed by atoms with Crippen LogP contribution in [0, 0.1) is 0 Å². The summed E-state index contributed by atoms with van der Waals surface area (Å²) in [5, 5.41) is 0. The summed E-state index contributed by atoms with van der Waals surface area (Å²) in [5.74, 6) is 0. The normalized spacial score (nSPS) is 12.9. The SMILES string of the molecule is CCc1ccc(SC)c(C(F)(F)F)c1C(F)(F)F. The zero-order valence-electron chi connectivity index (χ0n) is 9.54. The van der Waals surface area contributed by atoms with Crippen LogP contribution in [0.5, 0.6) is 0 Å². The lowest BCUT2D eigenvalue weighted by molar-refractivity contribution is -0.164. The first-order chi connectivity index (χ1) is 8.12. The number of hydrogen-bond acceptors (Lipinski definition) is 1. The minimum absolute atomic E-state index is 0.105. The summed E-state index contributed by atoms with van der Waals surface area (Å²) in [4.78, 5) is -0.410. The van der Waals surface area contributed by atoms with Crippen LogP contribution >= 0.6 is 11.8 Å². The van der Waals surface area contributed by atoms with Gasteiger partial charge in [0, 0.05) is 4.90 Å². The highest BCUT2D eigenvalue weighted by Gasteiger charge is 2.46. The van der Waals surface area contributed by atoms with E-state index in [0.717, 1.165) is 12.1 Å². The number of thioether (sulfide) groups is 1. The summed E-state index contributed by atoms with van der Waals surface area (Å²) in [5.41, 5.74) is -3.49. The summed E-state index contributed by atoms with van der Waals surface area (Å²) in [7, 11) is 0. The van der Waals surface area contributed by atoms with Crippen molar-refractivity contribution in [2.24, 2.45) is 0 Å². The van der Waals surface area contributed by atoms with Gasteiger partial charge in [-0.3, -0.25) is 0 Å². The fourth-order valence-electron chi connectivity index (χ4n) is 1.70. The second-order valence-corrected chi connectivity index (χ2v) is 4.37. The Morgan fingerprint density at radius 2 is 1.44 bits per heavy atom. The fourth-order valence-corrected chi connectivity index (χ4v) is 2.32. The molecule has 7 heteroatoms. The highest BCUT2D eigenvalue weighted by atomic mass is 32.2. The van der Waals surface area contributed by atoms with Crippen molar-refractivity contribution in [3.63, 3.8) is 0 Å². The Bertz CT molecular complexity index is 391. The van der Waals surface area contributed by atoms with Gasteiger partial charge in [-0.1, -0.05) is 13.0 Å². The minimum atomic E-state index is -5.02. The second kappa shape index (κ2) is 5.03. The van der Waals surface area contributed by atoms with Crippen molar-refractivity contribution in [1.29, 1.82) is 0 Å². The number of aryl methyl sites for hydroxylation is 1. The van der Waals surface area contributed by atoms with Crippen molar-refractivity contribution >= 4 is 11.8 Å². The first-order valence-electron chi connectivity index (χ1n) is 4.97. The number of hydrogen-bond donors (Lipinski definition) is 0. The number of benzene rings is 1. The van der Waals surface area contributed by atoms with E-state index in [1.54, 1.807) is 0 Å². The van der Waals surface area contributed by atoms with Gasteiger partial charge in [-0.15, -0.1) is 11.8 Å². The van der Waals surface area contributed by atoms with Crippen LogP contribution < -0.4 is 0 Å². The van der Waals surface area contributed by atoms with Gasteiger partial charge < -0.3 is 0 Å². The number of alkyl halides is 6. The maximum atomic E-state index is 12.8. The highest BCUT2D eigenvalue weighted by molar-refractivity contribution is 7.98. The quantitative estimate of drug-likeness (QED) is 0.544. The summed E-state index contributed by atoms with van der Waals surface area (Å²) in [6.07, 6.45) is -8.82. The summed E-state index contributed by atoms with van der Waals surface area (Å²) in [6, 6.07) is 2.19. The van der Waals surface area contributed by atoms with Gasteiger partial charge in [-0.2, -0.15) is 26.3 Å². The van der Waals surface area contributed by atoms with Gasteiger partial charge in [0.25, 0.3) is 0 Å². The van der Waals surface area contributed by atoms with Crippen LogP contribution in [0.25, 0.3) is 0 Å². The van der Waals surface area contributed by atoms with E-state index in [2.05, 4.69) is 0 Å². The van der Waals surface area contributed by atoms with Crippen LogP contribution in [-0.2, 0) is 18.8 Å². The highest BCUT2D eigenvalue weighted by Crippen LogP contribution is 2.46. The molecule has 0 unspecified atom stereocenters. The zero-order chi connectivity index (χ0) is 14.1. The molecule has 0 nitrogen and oxygen atoms in total. The van der Waals surface area contributed by atoms with Crippen LogP contribution in [0.2, 0.25) is 0 Å². The summed E-state index contributed by atoms with van der Waals surface area (Å²) >= 11 is 0.652. The lowest BCUT2D eigenvalue weighted by atomic mass is 9.98. The number of halogens is 6. The molecule has 0 aliphatic rings. The molecular weight excluding hydrogens is 278 g/mol. The number of rotatable bonds is 2. The molecule has 18 heavy (non-hydrogen) atoms. The van der Waals surface area contributed by atoms with Gasteiger partial charge in [0.15, 0.2) is 0 Å². The topological polar surface area (TPSA) is 0 Å². The van der Waals surface area contributed by atoms with Crippen LogP contribution in [0.3, 0.4) is 0 Å². The fraction of sp³-hybridized carbons (Fsp3) is 0.455. The maximum Gasteiger partial charge on any atom is 0.418 e. The second-order valence-electron chi connectivity index (χ2n) is 3.53. The smallest absolute Gasteiger partial charge is 0.166 e. The lowest BCUT2D eigenvalue weighted by Crippen LogP contribution is -2.20. The molecule has 0 bridgehead atoms. The van der Waals surface area contributed by atoms with Gasteiger partial charge in [-0.25, -0.2) is 0 Å². The minimum Gasteiger partial charge on any atom is -0.166 e. The third-order valence-electron chi connectivity index (χ3n) is 2.42. The molecule has 0 spiro atoms. The summed E-state index contributed by atoms with van der Waals surface area (Å²) in [6.45, 7) is 1.39. The standard InChI is InChI=1S/C11H10F6S/c1-3-6-4-5-7(18-2)9(11(15,16)17)8(6)10(12,13)14/h4-5H,3H2,1-2H3. The Morgan fingerprint density at radius 3 is 1.78 bits per heavy atom. The van der Waals surface area contributed by atoms with E-state index in [4.69, 9.17) is 0 Å². The van der Waals surface area contributed by atoms with Crippen molar-refractivity contribution < 1.29 is 26.3 Å². The van der Waals surface area contributed by atoms with Gasteiger partial charge >= 0.3 is 12.4 Å². The molecule has 0 radical (unpaired) electrons. The molecule has 1 aromatic rings. The van der Waals surface area contributed by atoms with Crippen molar-refractivity contribution in [2.45, 2.75) is 30.6 Å².